The summed E-state index contributed by atoms with van der Waals surface area (Å²) >= 11 is 1.68. The second-order valence-corrected chi connectivity index (χ2v) is 7.50. The van der Waals surface area contributed by atoms with Crippen LogP contribution in [-0.4, -0.2) is 17.4 Å². The molecule has 0 aromatic heterocycles. The molecule has 0 saturated heterocycles. The summed E-state index contributed by atoms with van der Waals surface area (Å²) in [6, 6.07) is 29.7. The molecule has 0 bridgehead atoms. The minimum Gasteiger partial charge on any atom is -0.267 e. The topological polar surface area (TPSA) is 32.7 Å². The molecule has 0 atom stereocenters. The maximum atomic E-state index is 13.1. The highest BCUT2D eigenvalue weighted by Crippen LogP contribution is 2.27. The summed E-state index contributed by atoms with van der Waals surface area (Å²) in [6.45, 7) is 0. The molecule has 0 aliphatic carbocycles. The largest absolute Gasteiger partial charge is 0.280 e. The van der Waals surface area contributed by atoms with Gasteiger partial charge >= 0.3 is 0 Å². The number of para-hydroxylation sites is 1. The van der Waals surface area contributed by atoms with Crippen LogP contribution in [0.3, 0.4) is 0 Å². The first-order chi connectivity index (χ1) is 14.3. The molecule has 0 saturated carbocycles. The normalized spacial score (nSPS) is 15.3. The Bertz CT molecular complexity index is 1060. The van der Waals surface area contributed by atoms with Crippen LogP contribution in [0.1, 0.15) is 5.56 Å². The molecule has 4 rings (SSSR count). The van der Waals surface area contributed by atoms with E-state index in [0.717, 1.165) is 21.9 Å². The molecule has 1 amide bonds. The number of allylic oxidation sites excluding steroid dienone is 2. The van der Waals surface area contributed by atoms with Crippen molar-refractivity contribution < 1.29 is 4.79 Å². The summed E-state index contributed by atoms with van der Waals surface area (Å²) in [6.07, 6.45) is 5.77. The van der Waals surface area contributed by atoms with E-state index in [2.05, 4.69) is 17.2 Å². The molecule has 0 fully saturated rings. The highest BCUT2D eigenvalue weighted by Gasteiger charge is 2.30. The second-order valence-electron chi connectivity index (χ2n) is 6.45. The van der Waals surface area contributed by atoms with Crippen LogP contribution in [0.5, 0.6) is 0 Å². The van der Waals surface area contributed by atoms with Gasteiger partial charge in [0.15, 0.2) is 0 Å². The van der Waals surface area contributed by atoms with Crippen molar-refractivity contribution in [1.82, 2.24) is 0 Å². The summed E-state index contributed by atoms with van der Waals surface area (Å²) in [5.74, 6) is 0.530. The van der Waals surface area contributed by atoms with Crippen molar-refractivity contribution >= 4 is 35.1 Å². The average molecular weight is 397 g/mol. The Kier molecular flexibility index (Phi) is 6.03. The number of carbonyl (C=O) groups is 1. The van der Waals surface area contributed by atoms with Gasteiger partial charge in [-0.15, -0.1) is 11.8 Å². The van der Waals surface area contributed by atoms with E-state index in [1.165, 1.54) is 5.01 Å². The van der Waals surface area contributed by atoms with E-state index in [-0.39, 0.29) is 5.91 Å². The van der Waals surface area contributed by atoms with Crippen LogP contribution in [0.4, 0.5) is 5.69 Å². The van der Waals surface area contributed by atoms with Crippen LogP contribution in [0, 0.1) is 0 Å². The Morgan fingerprint density at radius 1 is 0.828 bits per heavy atom. The van der Waals surface area contributed by atoms with E-state index >= 15 is 0 Å². The van der Waals surface area contributed by atoms with Gasteiger partial charge in [0, 0.05) is 10.6 Å². The van der Waals surface area contributed by atoms with Crippen LogP contribution in [0.25, 0.3) is 6.08 Å². The molecule has 0 radical (unpaired) electrons. The highest BCUT2D eigenvalue weighted by atomic mass is 32.2. The van der Waals surface area contributed by atoms with E-state index in [9.17, 15) is 4.79 Å². The number of amides is 1. The Morgan fingerprint density at radius 2 is 1.45 bits per heavy atom. The summed E-state index contributed by atoms with van der Waals surface area (Å²) in [4.78, 5) is 14.2. The van der Waals surface area contributed by atoms with Gasteiger partial charge in [0.25, 0.3) is 5.91 Å². The fourth-order valence-corrected chi connectivity index (χ4v) is 3.83. The quantitative estimate of drug-likeness (QED) is 0.388. The number of benzene rings is 3. The van der Waals surface area contributed by atoms with E-state index in [1.807, 2.05) is 97.1 Å². The van der Waals surface area contributed by atoms with Gasteiger partial charge in [0.1, 0.15) is 0 Å². The minimum atomic E-state index is -0.0995. The van der Waals surface area contributed by atoms with Gasteiger partial charge in [-0.25, -0.2) is 0 Å². The molecule has 1 aliphatic heterocycles. The van der Waals surface area contributed by atoms with Gasteiger partial charge in [0.2, 0.25) is 0 Å². The predicted octanol–water partition coefficient (Wildman–Crippen LogP) is 5.82. The Hall–Kier alpha value is -3.37. The summed E-state index contributed by atoms with van der Waals surface area (Å²) in [7, 11) is 0. The van der Waals surface area contributed by atoms with E-state index in [0.29, 0.717) is 11.3 Å². The number of anilines is 1. The molecular weight excluding hydrogens is 376 g/mol. The third-order valence-corrected chi connectivity index (χ3v) is 5.45. The first kappa shape index (κ1) is 19.0. The number of hydrogen-bond donors (Lipinski definition) is 0. The predicted molar refractivity (Wildman–Crippen MR) is 122 cm³/mol. The van der Waals surface area contributed by atoms with Crippen LogP contribution < -0.4 is 5.01 Å². The zero-order chi connectivity index (χ0) is 19.9. The molecule has 3 aromatic rings. The number of thioether (sulfide) groups is 1. The van der Waals surface area contributed by atoms with Crippen molar-refractivity contribution in [2.45, 2.75) is 4.90 Å². The smallest absolute Gasteiger partial charge is 0.267 e. The Balaban J connectivity index is 1.59. The first-order valence-electron chi connectivity index (χ1n) is 9.40. The first-order valence-corrected chi connectivity index (χ1v) is 10.4. The van der Waals surface area contributed by atoms with Crippen molar-refractivity contribution in [1.29, 1.82) is 0 Å². The monoisotopic (exact) mass is 396 g/mol. The maximum Gasteiger partial charge on any atom is 0.280 e. The molecule has 4 heteroatoms. The summed E-state index contributed by atoms with van der Waals surface area (Å²) in [5.41, 5.74) is 3.27. The van der Waals surface area contributed by atoms with Gasteiger partial charge in [-0.1, -0.05) is 78.9 Å². The molecule has 0 N–H and O–H groups in total. The lowest BCUT2D eigenvalue weighted by Crippen LogP contribution is -2.21. The zero-order valence-electron chi connectivity index (χ0n) is 15.8. The molecule has 142 valence electrons. The SMILES string of the molecule is O=C1/C(=C\C=C\c2ccccc2)C(CSc2ccccc2)=NN1c1ccccc1. The van der Waals surface area contributed by atoms with E-state index in [4.69, 9.17) is 0 Å². The molecule has 29 heavy (non-hydrogen) atoms. The lowest BCUT2D eigenvalue weighted by atomic mass is 10.1. The molecule has 1 aliphatic rings. The van der Waals surface area contributed by atoms with Crippen LogP contribution in [0.2, 0.25) is 0 Å². The fourth-order valence-electron chi connectivity index (χ4n) is 2.96. The minimum absolute atomic E-state index is 0.0995. The van der Waals surface area contributed by atoms with Crippen molar-refractivity contribution in [3.05, 3.63) is 114 Å². The van der Waals surface area contributed by atoms with Gasteiger partial charge in [0.05, 0.1) is 17.0 Å². The van der Waals surface area contributed by atoms with Crippen molar-refractivity contribution in [3.8, 4) is 0 Å². The number of rotatable bonds is 6. The van der Waals surface area contributed by atoms with Crippen molar-refractivity contribution in [2.24, 2.45) is 5.10 Å². The van der Waals surface area contributed by atoms with Gasteiger partial charge in [-0.05, 0) is 35.9 Å². The highest BCUT2D eigenvalue weighted by molar-refractivity contribution is 8.00. The number of hydrogen-bond acceptors (Lipinski definition) is 3. The molecule has 0 spiro atoms. The molecule has 1 heterocycles. The van der Waals surface area contributed by atoms with Crippen molar-refractivity contribution in [3.63, 3.8) is 0 Å². The molecule has 3 aromatic carbocycles. The standard InChI is InChI=1S/C25H20N2OS/c28-25-23(18-10-13-20-11-4-1-5-12-20)24(19-29-22-16-8-3-9-17-22)26-27(25)21-14-6-2-7-15-21/h1-18H,19H2/b13-10+,23-18-. The molecular formula is C25H20N2OS. The van der Waals surface area contributed by atoms with Gasteiger partial charge < -0.3 is 0 Å². The molecule has 3 nitrogen and oxygen atoms in total. The third-order valence-electron chi connectivity index (χ3n) is 4.43. The zero-order valence-corrected chi connectivity index (χ0v) is 16.6. The average Bonchev–Trinajstić information content (AvgIpc) is 3.10. The third kappa shape index (κ3) is 4.73. The fraction of sp³-hybridized carbons (Fsp3) is 0.0400. The van der Waals surface area contributed by atoms with Crippen LogP contribution in [0.15, 0.2) is 119 Å². The van der Waals surface area contributed by atoms with Gasteiger partial charge in [-0.3, -0.25) is 4.79 Å². The van der Waals surface area contributed by atoms with Crippen LogP contribution in [-0.2, 0) is 4.79 Å². The lowest BCUT2D eigenvalue weighted by molar-refractivity contribution is -0.114. The van der Waals surface area contributed by atoms with Crippen LogP contribution >= 0.6 is 11.8 Å². The lowest BCUT2D eigenvalue weighted by Gasteiger charge is -2.10. The summed E-state index contributed by atoms with van der Waals surface area (Å²) in [5, 5.41) is 6.13. The number of carbonyl (C=O) groups excluding carboxylic acids is 1. The second kappa shape index (κ2) is 9.22. The Morgan fingerprint density at radius 3 is 2.14 bits per heavy atom. The Labute approximate surface area is 175 Å². The van der Waals surface area contributed by atoms with Gasteiger partial charge in [-0.2, -0.15) is 10.1 Å². The van der Waals surface area contributed by atoms with E-state index < -0.39 is 0 Å². The van der Waals surface area contributed by atoms with E-state index in [1.54, 1.807) is 11.8 Å². The molecule has 0 unspecified atom stereocenters. The number of hydrazone groups is 1. The van der Waals surface area contributed by atoms with Crippen molar-refractivity contribution in [2.75, 3.05) is 10.8 Å². The number of nitrogens with zero attached hydrogens (tertiary/aromatic N) is 2. The summed E-state index contributed by atoms with van der Waals surface area (Å²) < 4.78 is 0. The maximum absolute atomic E-state index is 13.1.